The van der Waals surface area contributed by atoms with Crippen molar-refractivity contribution in [1.82, 2.24) is 0 Å². The fourth-order valence-corrected chi connectivity index (χ4v) is 2.10. The summed E-state index contributed by atoms with van der Waals surface area (Å²) in [5, 5.41) is 9.68. The minimum Gasteiger partial charge on any atom is -0.369 e. The standard InChI is InChI=1S/C15H12ClFN2/c1-19(10-11-5-2-3-6-13(11)16)15-8-4-7-14(17)12(15)9-18/h2-8H,10H2,1H3. The zero-order valence-corrected chi connectivity index (χ0v) is 11.2. The van der Waals surface area contributed by atoms with Crippen LogP contribution in [0.2, 0.25) is 5.02 Å². The normalized spacial score (nSPS) is 10.0. The molecular formula is C15H12ClFN2. The topological polar surface area (TPSA) is 27.0 Å². The van der Waals surface area contributed by atoms with E-state index in [9.17, 15) is 4.39 Å². The highest BCUT2D eigenvalue weighted by Crippen LogP contribution is 2.24. The molecule has 0 heterocycles. The molecule has 4 heteroatoms. The lowest BCUT2D eigenvalue weighted by Crippen LogP contribution is -2.18. The molecule has 0 fully saturated rings. The molecule has 2 nitrogen and oxygen atoms in total. The Labute approximate surface area is 116 Å². The summed E-state index contributed by atoms with van der Waals surface area (Å²) < 4.78 is 13.6. The first-order valence-electron chi connectivity index (χ1n) is 5.76. The number of hydrogen-bond acceptors (Lipinski definition) is 2. The van der Waals surface area contributed by atoms with Crippen LogP contribution in [0, 0.1) is 17.1 Å². The number of anilines is 1. The highest BCUT2D eigenvalue weighted by Gasteiger charge is 2.12. The van der Waals surface area contributed by atoms with Crippen molar-refractivity contribution in [2.45, 2.75) is 6.54 Å². The monoisotopic (exact) mass is 274 g/mol. The fraction of sp³-hybridized carbons (Fsp3) is 0.133. The van der Waals surface area contributed by atoms with Crippen LogP contribution >= 0.6 is 11.6 Å². The molecule has 0 amide bonds. The van der Waals surface area contributed by atoms with Crippen LogP contribution in [-0.2, 0) is 6.54 Å². The Kier molecular flexibility index (Phi) is 4.03. The summed E-state index contributed by atoms with van der Waals surface area (Å²) in [6, 6.07) is 14.0. The third-order valence-electron chi connectivity index (χ3n) is 2.88. The molecule has 96 valence electrons. The van der Waals surface area contributed by atoms with Crippen molar-refractivity contribution in [3.8, 4) is 6.07 Å². The molecule has 0 radical (unpaired) electrons. The minimum absolute atomic E-state index is 0.0528. The van der Waals surface area contributed by atoms with Gasteiger partial charge in [0, 0.05) is 18.6 Å². The first kappa shape index (κ1) is 13.4. The summed E-state index contributed by atoms with van der Waals surface area (Å²) in [5.74, 6) is -0.508. The van der Waals surface area contributed by atoms with Gasteiger partial charge in [-0.25, -0.2) is 4.39 Å². The van der Waals surface area contributed by atoms with Gasteiger partial charge in [0.05, 0.1) is 5.69 Å². The van der Waals surface area contributed by atoms with Gasteiger partial charge in [-0.3, -0.25) is 0 Å². The van der Waals surface area contributed by atoms with Crippen molar-refractivity contribution in [2.24, 2.45) is 0 Å². The molecule has 0 saturated carbocycles. The summed E-state index contributed by atoms with van der Waals surface area (Å²) in [7, 11) is 1.80. The van der Waals surface area contributed by atoms with Crippen LogP contribution in [-0.4, -0.2) is 7.05 Å². The first-order valence-corrected chi connectivity index (χ1v) is 6.14. The number of benzene rings is 2. The van der Waals surface area contributed by atoms with Crippen molar-refractivity contribution in [2.75, 3.05) is 11.9 Å². The van der Waals surface area contributed by atoms with Crippen LogP contribution in [0.3, 0.4) is 0 Å². The Morgan fingerprint density at radius 1 is 1.21 bits per heavy atom. The molecule has 0 saturated heterocycles. The molecule has 2 aromatic carbocycles. The van der Waals surface area contributed by atoms with Gasteiger partial charge in [-0.2, -0.15) is 5.26 Å². The van der Waals surface area contributed by atoms with Gasteiger partial charge in [-0.1, -0.05) is 35.9 Å². The van der Waals surface area contributed by atoms with Gasteiger partial charge in [-0.15, -0.1) is 0 Å². The number of nitriles is 1. The molecule has 0 unspecified atom stereocenters. The quantitative estimate of drug-likeness (QED) is 0.846. The Morgan fingerprint density at radius 3 is 2.63 bits per heavy atom. The maximum absolute atomic E-state index is 13.6. The number of rotatable bonds is 3. The zero-order valence-electron chi connectivity index (χ0n) is 10.4. The molecule has 19 heavy (non-hydrogen) atoms. The minimum atomic E-state index is -0.508. The van der Waals surface area contributed by atoms with E-state index in [1.165, 1.54) is 6.07 Å². The van der Waals surface area contributed by atoms with E-state index < -0.39 is 5.82 Å². The van der Waals surface area contributed by atoms with E-state index in [2.05, 4.69) is 0 Å². The molecule has 0 atom stereocenters. The van der Waals surface area contributed by atoms with Gasteiger partial charge in [0.15, 0.2) is 0 Å². The second-order valence-corrected chi connectivity index (χ2v) is 4.60. The van der Waals surface area contributed by atoms with E-state index >= 15 is 0 Å². The smallest absolute Gasteiger partial charge is 0.143 e. The van der Waals surface area contributed by atoms with Crippen LogP contribution in [0.15, 0.2) is 42.5 Å². The molecule has 0 aliphatic heterocycles. The van der Waals surface area contributed by atoms with Gasteiger partial charge < -0.3 is 4.90 Å². The molecule has 0 spiro atoms. The van der Waals surface area contributed by atoms with Crippen molar-refractivity contribution >= 4 is 17.3 Å². The molecule has 0 bridgehead atoms. The predicted octanol–water partition coefficient (Wildman–Crippen LogP) is 3.99. The van der Waals surface area contributed by atoms with Gasteiger partial charge in [0.25, 0.3) is 0 Å². The molecule has 0 aromatic heterocycles. The molecule has 2 rings (SSSR count). The number of hydrogen-bond donors (Lipinski definition) is 0. The van der Waals surface area contributed by atoms with Crippen LogP contribution < -0.4 is 4.90 Å². The van der Waals surface area contributed by atoms with Gasteiger partial charge in [-0.05, 0) is 23.8 Å². The number of halogens is 2. The van der Waals surface area contributed by atoms with E-state index in [1.807, 2.05) is 35.2 Å². The van der Waals surface area contributed by atoms with Gasteiger partial charge >= 0.3 is 0 Å². The lowest BCUT2D eigenvalue weighted by molar-refractivity contribution is 0.623. The number of nitrogens with zero attached hydrogens (tertiary/aromatic N) is 2. The highest BCUT2D eigenvalue weighted by atomic mass is 35.5. The predicted molar refractivity (Wildman–Crippen MR) is 74.7 cm³/mol. The van der Waals surface area contributed by atoms with E-state index in [0.29, 0.717) is 17.3 Å². The third kappa shape index (κ3) is 2.86. The Balaban J connectivity index is 2.31. The molecule has 0 N–H and O–H groups in total. The average Bonchev–Trinajstić information content (AvgIpc) is 2.41. The summed E-state index contributed by atoms with van der Waals surface area (Å²) in [6.07, 6.45) is 0. The van der Waals surface area contributed by atoms with E-state index in [1.54, 1.807) is 19.2 Å². The van der Waals surface area contributed by atoms with Crippen LogP contribution in [0.25, 0.3) is 0 Å². The lowest BCUT2D eigenvalue weighted by atomic mass is 10.1. The zero-order chi connectivity index (χ0) is 13.8. The van der Waals surface area contributed by atoms with E-state index in [-0.39, 0.29) is 5.56 Å². The lowest BCUT2D eigenvalue weighted by Gasteiger charge is -2.21. The second-order valence-electron chi connectivity index (χ2n) is 4.19. The van der Waals surface area contributed by atoms with Crippen molar-refractivity contribution < 1.29 is 4.39 Å². The summed E-state index contributed by atoms with van der Waals surface area (Å²) in [6.45, 7) is 0.512. The summed E-state index contributed by atoms with van der Waals surface area (Å²) >= 11 is 6.09. The second kappa shape index (κ2) is 5.73. The maximum Gasteiger partial charge on any atom is 0.143 e. The molecule has 0 aliphatic carbocycles. The molecule has 2 aromatic rings. The Hall–Kier alpha value is -2.05. The van der Waals surface area contributed by atoms with Crippen LogP contribution in [0.5, 0.6) is 0 Å². The highest BCUT2D eigenvalue weighted by molar-refractivity contribution is 6.31. The Bertz CT molecular complexity index is 634. The van der Waals surface area contributed by atoms with Crippen molar-refractivity contribution in [1.29, 1.82) is 5.26 Å². The SMILES string of the molecule is CN(Cc1ccccc1Cl)c1cccc(F)c1C#N. The summed E-state index contributed by atoms with van der Waals surface area (Å²) in [5.41, 5.74) is 1.54. The van der Waals surface area contributed by atoms with E-state index in [0.717, 1.165) is 5.56 Å². The molecule has 0 aliphatic rings. The van der Waals surface area contributed by atoms with Crippen LogP contribution in [0.4, 0.5) is 10.1 Å². The van der Waals surface area contributed by atoms with Gasteiger partial charge in [0.1, 0.15) is 17.4 Å². The van der Waals surface area contributed by atoms with Crippen LogP contribution in [0.1, 0.15) is 11.1 Å². The first-order chi connectivity index (χ1) is 9.13. The van der Waals surface area contributed by atoms with Crippen molar-refractivity contribution in [3.63, 3.8) is 0 Å². The maximum atomic E-state index is 13.6. The van der Waals surface area contributed by atoms with Crippen molar-refractivity contribution in [3.05, 3.63) is 64.4 Å². The molecular weight excluding hydrogens is 263 g/mol. The fourth-order valence-electron chi connectivity index (χ4n) is 1.91. The Morgan fingerprint density at radius 2 is 1.95 bits per heavy atom. The van der Waals surface area contributed by atoms with Gasteiger partial charge in [0.2, 0.25) is 0 Å². The largest absolute Gasteiger partial charge is 0.369 e. The summed E-state index contributed by atoms with van der Waals surface area (Å²) in [4.78, 5) is 1.81. The average molecular weight is 275 g/mol. The third-order valence-corrected chi connectivity index (χ3v) is 3.25. The van der Waals surface area contributed by atoms with E-state index in [4.69, 9.17) is 16.9 Å².